The van der Waals surface area contributed by atoms with Crippen LogP contribution in [-0.2, 0) is 0 Å². The van der Waals surface area contributed by atoms with E-state index in [0.717, 1.165) is 41.2 Å². The second kappa shape index (κ2) is 14.8. The van der Waals surface area contributed by atoms with Gasteiger partial charge in [0.25, 0.3) is 0 Å². The Morgan fingerprint density at radius 3 is 1.89 bits per heavy atom. The van der Waals surface area contributed by atoms with Gasteiger partial charge in [-0.2, -0.15) is 0 Å². The summed E-state index contributed by atoms with van der Waals surface area (Å²) < 4.78 is 2.78. The first-order valence-electron chi connectivity index (χ1n) is 19.6. The van der Waals surface area contributed by atoms with E-state index in [2.05, 4.69) is 180 Å². The fourth-order valence-electron chi connectivity index (χ4n) is 8.45. The summed E-state index contributed by atoms with van der Waals surface area (Å²) in [5, 5.41) is 8.10. The zero-order chi connectivity index (χ0) is 38.3. The molecule has 0 bridgehead atoms. The highest BCUT2D eigenvalue weighted by Crippen LogP contribution is 2.47. The first-order chi connectivity index (χ1) is 27.4. The molecule has 0 amide bonds. The van der Waals surface area contributed by atoms with Gasteiger partial charge in [-0.15, -0.1) is 11.3 Å². The fraction of sp³-hybridized carbons (Fsp3) is 0.132. The van der Waals surface area contributed by atoms with Crippen molar-refractivity contribution in [3.8, 4) is 33.5 Å². The number of rotatable bonds is 4. The van der Waals surface area contributed by atoms with Gasteiger partial charge < -0.3 is 0 Å². The molecule has 1 aliphatic carbocycles. The van der Waals surface area contributed by atoms with Gasteiger partial charge in [-0.3, -0.25) is 0 Å². The summed E-state index contributed by atoms with van der Waals surface area (Å²) in [6.45, 7) is 10.8. The number of hydrogen-bond donors (Lipinski definition) is 0. The summed E-state index contributed by atoms with van der Waals surface area (Å²) in [5.41, 5.74) is 15.6. The molecular weight excluding hydrogens is 697 g/mol. The fourth-order valence-corrected chi connectivity index (χ4v) is 9.71. The summed E-state index contributed by atoms with van der Waals surface area (Å²) in [6, 6.07) is 50.1. The van der Waals surface area contributed by atoms with Gasteiger partial charge in [0.05, 0.1) is 22.8 Å². The third kappa shape index (κ3) is 6.42. The van der Waals surface area contributed by atoms with Crippen LogP contribution in [0.1, 0.15) is 48.0 Å². The molecule has 7 aromatic carbocycles. The lowest BCUT2D eigenvalue weighted by Crippen LogP contribution is -2.04. The lowest BCUT2D eigenvalue weighted by Gasteiger charge is -2.17. The number of allylic oxidation sites excluding steroid dienone is 4. The third-order valence-electron chi connectivity index (χ3n) is 11.4. The summed E-state index contributed by atoms with van der Waals surface area (Å²) >= 11 is 1.93. The molecule has 2 aromatic heterocycles. The van der Waals surface area contributed by atoms with Crippen molar-refractivity contribution < 1.29 is 0 Å². The first kappa shape index (κ1) is 35.5. The average molecular weight is 741 g/mol. The van der Waals surface area contributed by atoms with Gasteiger partial charge >= 0.3 is 0 Å². The minimum absolute atomic E-state index is 0.973. The van der Waals surface area contributed by atoms with E-state index in [9.17, 15) is 0 Å². The molecule has 3 heteroatoms. The van der Waals surface area contributed by atoms with Crippen LogP contribution in [0.3, 0.4) is 0 Å². The van der Waals surface area contributed by atoms with Crippen molar-refractivity contribution in [1.82, 2.24) is 9.97 Å². The zero-order valence-electron chi connectivity index (χ0n) is 32.7. The maximum atomic E-state index is 4.95. The maximum absolute atomic E-state index is 4.95. The van der Waals surface area contributed by atoms with Gasteiger partial charge in [-0.1, -0.05) is 140 Å². The van der Waals surface area contributed by atoms with Crippen molar-refractivity contribution in [2.45, 2.75) is 47.5 Å². The van der Waals surface area contributed by atoms with Crippen LogP contribution in [0, 0.1) is 27.7 Å². The highest BCUT2D eigenvalue weighted by Gasteiger charge is 2.19. The van der Waals surface area contributed by atoms with E-state index in [4.69, 9.17) is 9.97 Å². The highest BCUT2D eigenvalue weighted by molar-refractivity contribution is 7.26. The van der Waals surface area contributed by atoms with Crippen molar-refractivity contribution in [2.75, 3.05) is 0 Å². The van der Waals surface area contributed by atoms with E-state index in [1.807, 2.05) is 17.4 Å². The first-order valence-corrected chi connectivity index (χ1v) is 20.4. The van der Waals surface area contributed by atoms with Gasteiger partial charge in [-0.05, 0) is 126 Å². The molecule has 0 atom stereocenters. The van der Waals surface area contributed by atoms with E-state index in [1.165, 1.54) is 86.2 Å². The lowest BCUT2D eigenvalue weighted by molar-refractivity contribution is 0.979. The number of nitrogens with zero attached hydrogens (tertiary/aromatic N) is 2. The molecule has 56 heavy (non-hydrogen) atoms. The molecule has 0 saturated heterocycles. The molecule has 0 saturated carbocycles. The van der Waals surface area contributed by atoms with Crippen LogP contribution in [-0.4, -0.2) is 9.97 Å². The number of aryl methyl sites for hydroxylation is 4. The normalized spacial score (nSPS) is 12.8. The zero-order valence-corrected chi connectivity index (χ0v) is 33.5. The summed E-state index contributed by atoms with van der Waals surface area (Å²) in [5.74, 6) is 0. The van der Waals surface area contributed by atoms with Gasteiger partial charge in [-0.25, -0.2) is 9.97 Å². The molecule has 0 fully saturated rings. The standard InChI is InChI=1S/C28H20S.C25H24N2/c1-17-9-3-6-12-21(17)26-18(2)28-27(23-14-8-7-13-22(23)26)24-15-19-10-4-5-11-20(19)16-25(24)29-28;1-17-9-7-8-12-23(17)25-19(3)26-24(18(2)27-25)22-15-13-21(14-16-22)20-10-5-4-6-11-20/h3-16H,1-2H3;4-7,9-11,13-16H,8,12H2,1-3H3. The van der Waals surface area contributed by atoms with Crippen molar-refractivity contribution in [3.63, 3.8) is 0 Å². The molecule has 0 spiro atoms. The van der Waals surface area contributed by atoms with E-state index >= 15 is 0 Å². The smallest absolute Gasteiger partial charge is 0.0918 e. The monoisotopic (exact) mass is 740 g/mol. The van der Waals surface area contributed by atoms with Crippen LogP contribution in [0.4, 0.5) is 0 Å². The molecule has 9 aromatic rings. The summed E-state index contributed by atoms with van der Waals surface area (Å²) in [6.07, 6.45) is 6.56. The molecule has 0 unspecified atom stereocenters. The predicted octanol–water partition coefficient (Wildman–Crippen LogP) is 15.2. The third-order valence-corrected chi connectivity index (χ3v) is 12.6. The Kier molecular flexibility index (Phi) is 9.41. The number of thiophene rings is 1. The molecule has 0 aliphatic heterocycles. The van der Waals surface area contributed by atoms with Gasteiger partial charge in [0.2, 0.25) is 0 Å². The van der Waals surface area contributed by atoms with Crippen LogP contribution in [0.5, 0.6) is 0 Å². The number of fused-ring (bicyclic) bond motifs is 6. The summed E-state index contributed by atoms with van der Waals surface area (Å²) in [7, 11) is 0. The molecular formula is C53H44N2S. The van der Waals surface area contributed by atoms with E-state index in [0.29, 0.717) is 0 Å². The van der Waals surface area contributed by atoms with Crippen LogP contribution in [0.25, 0.3) is 80.8 Å². The number of aromatic nitrogens is 2. The minimum Gasteiger partial charge on any atom is -0.249 e. The topological polar surface area (TPSA) is 25.8 Å². The van der Waals surface area contributed by atoms with Crippen LogP contribution >= 0.6 is 11.3 Å². The van der Waals surface area contributed by atoms with Crippen LogP contribution < -0.4 is 0 Å². The van der Waals surface area contributed by atoms with E-state index in [-0.39, 0.29) is 0 Å². The Morgan fingerprint density at radius 2 is 1.14 bits per heavy atom. The second-order valence-electron chi connectivity index (χ2n) is 15.0. The Morgan fingerprint density at radius 1 is 0.536 bits per heavy atom. The highest BCUT2D eigenvalue weighted by atomic mass is 32.1. The Labute approximate surface area is 333 Å². The Balaban J connectivity index is 0.000000147. The average Bonchev–Trinajstić information content (AvgIpc) is 3.61. The Bertz CT molecular complexity index is 3000. The predicted molar refractivity (Wildman–Crippen MR) is 243 cm³/mol. The minimum atomic E-state index is 0.973. The summed E-state index contributed by atoms with van der Waals surface area (Å²) in [4.78, 5) is 9.88. The number of hydrogen-bond acceptors (Lipinski definition) is 3. The SMILES string of the molecule is CC1=C(c2nc(C)c(-c3ccc(-c4ccccc4)cc3)nc2C)CCC=C1.Cc1ccccc1-c1c(C)c2sc3cc4ccccc4cc3c2c2ccccc12. The van der Waals surface area contributed by atoms with Crippen molar-refractivity contribution >= 4 is 58.6 Å². The molecule has 0 N–H and O–H groups in total. The second-order valence-corrected chi connectivity index (χ2v) is 16.1. The van der Waals surface area contributed by atoms with Gasteiger partial charge in [0, 0.05) is 25.7 Å². The van der Waals surface area contributed by atoms with Crippen LogP contribution in [0.15, 0.2) is 157 Å². The number of benzene rings is 7. The Hall–Kier alpha value is -6.16. The lowest BCUT2D eigenvalue weighted by atomic mass is 9.89. The maximum Gasteiger partial charge on any atom is 0.0918 e. The molecule has 10 rings (SSSR count). The van der Waals surface area contributed by atoms with Crippen molar-refractivity contribution in [3.05, 3.63) is 185 Å². The molecule has 272 valence electrons. The van der Waals surface area contributed by atoms with E-state index in [1.54, 1.807) is 0 Å². The van der Waals surface area contributed by atoms with Crippen LogP contribution in [0.2, 0.25) is 0 Å². The molecule has 2 nitrogen and oxygen atoms in total. The van der Waals surface area contributed by atoms with Crippen molar-refractivity contribution in [1.29, 1.82) is 0 Å². The molecule has 2 heterocycles. The largest absolute Gasteiger partial charge is 0.249 e. The molecule has 1 aliphatic rings. The molecule has 0 radical (unpaired) electrons. The van der Waals surface area contributed by atoms with E-state index < -0.39 is 0 Å². The van der Waals surface area contributed by atoms with Crippen molar-refractivity contribution in [2.24, 2.45) is 0 Å². The van der Waals surface area contributed by atoms with Gasteiger partial charge in [0.1, 0.15) is 0 Å². The van der Waals surface area contributed by atoms with Gasteiger partial charge in [0.15, 0.2) is 0 Å². The quantitative estimate of drug-likeness (QED) is 0.180.